The number of hydrogen-bond acceptors (Lipinski definition) is 5. The first-order valence-electron chi connectivity index (χ1n) is 5.98. The van der Waals surface area contributed by atoms with Crippen LogP contribution in [-0.4, -0.2) is 17.4 Å². The average Bonchev–Trinajstić information content (AvgIpc) is 2.87. The Labute approximate surface area is 138 Å². The number of nitrogens with zero attached hydrogens (tertiary/aromatic N) is 1. The summed E-state index contributed by atoms with van der Waals surface area (Å²) in [6.45, 7) is 2.20. The Hall–Kier alpha value is -1.68. The minimum absolute atomic E-state index is 0.148. The minimum atomic E-state index is -0.546. The summed E-state index contributed by atoms with van der Waals surface area (Å²) in [5, 5.41) is 15.4. The normalized spacial score (nSPS) is 10.2. The van der Waals surface area contributed by atoms with E-state index in [-0.39, 0.29) is 17.3 Å². The van der Waals surface area contributed by atoms with Crippen LogP contribution >= 0.6 is 33.9 Å². The summed E-state index contributed by atoms with van der Waals surface area (Å²) < 4.78 is 6.20. The molecule has 0 aliphatic carbocycles. The van der Waals surface area contributed by atoms with E-state index in [1.165, 1.54) is 23.5 Å². The standard InChI is InChI=1S/C13H11IN2O4S/c1-2-20-9-3-4-10(11(6-9)16(18)19)15-13(17)8-5-12(14)21-7-8/h3-7H,2H2,1H3,(H,15,17). The summed E-state index contributed by atoms with van der Waals surface area (Å²) in [4.78, 5) is 22.6. The molecule has 0 bridgehead atoms. The second kappa shape index (κ2) is 6.85. The summed E-state index contributed by atoms with van der Waals surface area (Å²) in [5.74, 6) is 0.0220. The molecular formula is C13H11IN2O4S. The lowest BCUT2D eigenvalue weighted by Gasteiger charge is -2.07. The fourth-order valence-electron chi connectivity index (χ4n) is 1.65. The van der Waals surface area contributed by atoms with Crippen molar-refractivity contribution >= 4 is 51.2 Å². The number of nitro benzene ring substituents is 1. The van der Waals surface area contributed by atoms with Gasteiger partial charge in [0.15, 0.2) is 0 Å². The molecule has 1 amide bonds. The van der Waals surface area contributed by atoms with Gasteiger partial charge in [-0.25, -0.2) is 0 Å². The molecule has 1 aromatic carbocycles. The van der Waals surface area contributed by atoms with Crippen molar-refractivity contribution in [3.63, 3.8) is 0 Å². The number of ether oxygens (including phenoxy) is 1. The van der Waals surface area contributed by atoms with Gasteiger partial charge >= 0.3 is 0 Å². The van der Waals surface area contributed by atoms with Crippen molar-refractivity contribution < 1.29 is 14.5 Å². The highest BCUT2D eigenvalue weighted by Crippen LogP contribution is 2.30. The zero-order valence-corrected chi connectivity index (χ0v) is 13.9. The molecule has 8 heteroatoms. The van der Waals surface area contributed by atoms with Gasteiger partial charge < -0.3 is 10.1 Å². The Bertz CT molecular complexity index is 687. The van der Waals surface area contributed by atoms with E-state index in [0.717, 1.165) is 2.88 Å². The number of hydrogen-bond donors (Lipinski definition) is 1. The molecule has 0 aliphatic rings. The van der Waals surface area contributed by atoms with Gasteiger partial charge in [0.2, 0.25) is 0 Å². The number of carbonyl (C=O) groups is 1. The van der Waals surface area contributed by atoms with Crippen LogP contribution in [0.3, 0.4) is 0 Å². The molecule has 0 fully saturated rings. The largest absolute Gasteiger partial charge is 0.494 e. The van der Waals surface area contributed by atoms with E-state index in [1.54, 1.807) is 24.4 Å². The number of nitrogens with one attached hydrogen (secondary N) is 1. The van der Waals surface area contributed by atoms with Crippen molar-refractivity contribution in [2.24, 2.45) is 0 Å². The van der Waals surface area contributed by atoms with E-state index >= 15 is 0 Å². The third kappa shape index (κ3) is 3.91. The van der Waals surface area contributed by atoms with Crippen molar-refractivity contribution in [3.05, 3.63) is 48.2 Å². The molecule has 21 heavy (non-hydrogen) atoms. The molecule has 1 heterocycles. The Morgan fingerprint density at radius 2 is 2.24 bits per heavy atom. The number of anilines is 1. The van der Waals surface area contributed by atoms with Crippen LogP contribution in [0.2, 0.25) is 0 Å². The van der Waals surface area contributed by atoms with Crippen LogP contribution in [0.4, 0.5) is 11.4 Å². The Morgan fingerprint density at radius 3 is 2.81 bits per heavy atom. The highest BCUT2D eigenvalue weighted by atomic mass is 127. The van der Waals surface area contributed by atoms with Gasteiger partial charge in [-0.1, -0.05) is 0 Å². The molecular weight excluding hydrogens is 407 g/mol. The first kappa shape index (κ1) is 15.7. The van der Waals surface area contributed by atoms with Crippen molar-refractivity contribution in [2.45, 2.75) is 6.92 Å². The van der Waals surface area contributed by atoms with E-state index in [1.807, 2.05) is 0 Å². The maximum absolute atomic E-state index is 12.1. The number of halogens is 1. The van der Waals surface area contributed by atoms with Gasteiger partial charge in [-0.2, -0.15) is 0 Å². The van der Waals surface area contributed by atoms with E-state index in [9.17, 15) is 14.9 Å². The van der Waals surface area contributed by atoms with Gasteiger partial charge in [-0.15, -0.1) is 11.3 Å². The summed E-state index contributed by atoms with van der Waals surface area (Å²) in [6.07, 6.45) is 0. The van der Waals surface area contributed by atoms with Gasteiger partial charge in [0.05, 0.1) is 26.0 Å². The SMILES string of the molecule is CCOc1ccc(NC(=O)c2csc(I)c2)c([N+](=O)[O-])c1. The monoisotopic (exact) mass is 418 g/mol. The van der Waals surface area contributed by atoms with Crippen LogP contribution in [0.1, 0.15) is 17.3 Å². The highest BCUT2D eigenvalue weighted by molar-refractivity contribution is 14.1. The highest BCUT2D eigenvalue weighted by Gasteiger charge is 2.18. The number of benzene rings is 1. The summed E-state index contributed by atoms with van der Waals surface area (Å²) in [6, 6.07) is 6.08. The maximum Gasteiger partial charge on any atom is 0.296 e. The van der Waals surface area contributed by atoms with Crippen molar-refractivity contribution in [1.82, 2.24) is 0 Å². The predicted octanol–water partition coefficient (Wildman–Crippen LogP) is 3.91. The molecule has 0 spiro atoms. The quantitative estimate of drug-likeness (QED) is 0.454. The topological polar surface area (TPSA) is 81.5 Å². The van der Waals surface area contributed by atoms with Crippen molar-refractivity contribution in [2.75, 3.05) is 11.9 Å². The number of rotatable bonds is 5. The molecule has 0 aliphatic heterocycles. The van der Waals surface area contributed by atoms with Crippen LogP contribution in [0.15, 0.2) is 29.6 Å². The van der Waals surface area contributed by atoms with E-state index in [0.29, 0.717) is 17.9 Å². The fraction of sp³-hybridized carbons (Fsp3) is 0.154. The third-order valence-electron chi connectivity index (χ3n) is 2.55. The Morgan fingerprint density at radius 1 is 1.48 bits per heavy atom. The lowest BCUT2D eigenvalue weighted by Crippen LogP contribution is -2.12. The van der Waals surface area contributed by atoms with Gasteiger partial charge in [0.1, 0.15) is 11.4 Å². The van der Waals surface area contributed by atoms with Crippen LogP contribution in [0.25, 0.3) is 0 Å². The van der Waals surface area contributed by atoms with Gasteiger partial charge in [-0.05, 0) is 47.7 Å². The third-order valence-corrected chi connectivity index (χ3v) is 4.34. The molecule has 0 atom stereocenters. The van der Waals surface area contributed by atoms with E-state index < -0.39 is 4.92 Å². The molecule has 110 valence electrons. The van der Waals surface area contributed by atoms with Crippen molar-refractivity contribution in [3.8, 4) is 5.75 Å². The van der Waals surface area contributed by atoms with Crippen molar-refractivity contribution in [1.29, 1.82) is 0 Å². The summed E-state index contributed by atoms with van der Waals surface area (Å²) in [5.41, 5.74) is 0.432. The second-order valence-corrected chi connectivity index (χ2v) is 6.77. The minimum Gasteiger partial charge on any atom is -0.494 e. The van der Waals surface area contributed by atoms with E-state index in [4.69, 9.17) is 4.74 Å². The van der Waals surface area contributed by atoms with Gasteiger partial charge in [-0.3, -0.25) is 14.9 Å². The number of amides is 1. The summed E-state index contributed by atoms with van der Waals surface area (Å²) in [7, 11) is 0. The first-order valence-corrected chi connectivity index (χ1v) is 7.93. The Kier molecular flexibility index (Phi) is 5.12. The molecule has 2 rings (SSSR count). The Balaban J connectivity index is 2.26. The molecule has 1 aromatic heterocycles. The number of thiophene rings is 1. The lowest BCUT2D eigenvalue weighted by atomic mass is 10.2. The van der Waals surface area contributed by atoms with Crippen LogP contribution in [0, 0.1) is 13.0 Å². The molecule has 2 aromatic rings. The smallest absolute Gasteiger partial charge is 0.296 e. The fourth-order valence-corrected chi connectivity index (χ4v) is 2.97. The van der Waals surface area contributed by atoms with Gasteiger partial charge in [0, 0.05) is 5.38 Å². The van der Waals surface area contributed by atoms with Crippen LogP contribution in [0.5, 0.6) is 5.75 Å². The second-order valence-electron chi connectivity index (χ2n) is 3.96. The molecule has 6 nitrogen and oxygen atoms in total. The molecule has 0 unspecified atom stereocenters. The van der Waals surface area contributed by atoms with Gasteiger partial charge in [0.25, 0.3) is 11.6 Å². The average molecular weight is 418 g/mol. The first-order chi connectivity index (χ1) is 10.0. The van der Waals surface area contributed by atoms with Crippen LogP contribution < -0.4 is 10.1 Å². The maximum atomic E-state index is 12.1. The van der Waals surface area contributed by atoms with E-state index in [2.05, 4.69) is 27.9 Å². The zero-order chi connectivity index (χ0) is 15.4. The number of nitro groups is 1. The lowest BCUT2D eigenvalue weighted by molar-refractivity contribution is -0.384. The van der Waals surface area contributed by atoms with Crippen LogP contribution in [-0.2, 0) is 0 Å². The molecule has 0 radical (unpaired) electrons. The zero-order valence-electron chi connectivity index (χ0n) is 11.0. The molecule has 0 saturated carbocycles. The molecule has 1 N–H and O–H groups in total. The molecule has 0 saturated heterocycles. The number of carbonyl (C=O) groups excluding carboxylic acids is 1. The predicted molar refractivity (Wildman–Crippen MR) is 89.3 cm³/mol. The summed E-state index contributed by atoms with van der Waals surface area (Å²) >= 11 is 3.54.